The SMILES string of the molecule is Cn1c2cc(-c3ccc(/C=C(\C#N)c4c(F)c(F)c(C(F)(F)F)c(F)c4F)s3)sc2c2sc(-c3ccc(/C=C(\C#N)c4c(F)c(F)c(C(F)(F)F)c(F)c4F)s3)cc21. The summed E-state index contributed by atoms with van der Waals surface area (Å²) in [5, 5.41) is 19.1. The number of aryl methyl sites for hydroxylation is 1. The number of alkyl halides is 6. The molecule has 7 aromatic rings. The van der Waals surface area contributed by atoms with Crippen molar-refractivity contribution in [1.82, 2.24) is 4.57 Å². The quantitative estimate of drug-likeness (QED) is 0.0949. The highest BCUT2D eigenvalue weighted by molar-refractivity contribution is 7.32. The van der Waals surface area contributed by atoms with Gasteiger partial charge in [0.05, 0.1) is 42.7 Å². The van der Waals surface area contributed by atoms with E-state index in [1.165, 1.54) is 46.9 Å². The van der Waals surface area contributed by atoms with Crippen LogP contribution in [0, 0.1) is 69.2 Å². The molecule has 21 heteroatoms. The van der Waals surface area contributed by atoms with Crippen molar-refractivity contribution in [2.75, 3.05) is 0 Å². The lowest BCUT2D eigenvalue weighted by atomic mass is 10.0. The largest absolute Gasteiger partial charge is 0.422 e. The van der Waals surface area contributed by atoms with Gasteiger partial charge in [0.15, 0.2) is 46.5 Å². The molecule has 5 aromatic heterocycles. The van der Waals surface area contributed by atoms with Crippen LogP contribution >= 0.6 is 45.3 Å². The van der Waals surface area contributed by atoms with Gasteiger partial charge in [0.25, 0.3) is 0 Å². The van der Waals surface area contributed by atoms with Gasteiger partial charge in [-0.3, -0.25) is 0 Å². The van der Waals surface area contributed by atoms with E-state index in [1.807, 2.05) is 16.7 Å². The smallest absolute Gasteiger partial charge is 0.342 e. The fourth-order valence-electron chi connectivity index (χ4n) is 5.92. The molecule has 0 aliphatic carbocycles. The van der Waals surface area contributed by atoms with E-state index in [2.05, 4.69) is 0 Å². The zero-order valence-electron chi connectivity index (χ0n) is 27.9. The topological polar surface area (TPSA) is 52.5 Å². The molecule has 3 nitrogen and oxygen atoms in total. The van der Waals surface area contributed by atoms with Crippen LogP contribution in [0.1, 0.15) is 32.0 Å². The molecule has 0 bridgehead atoms. The van der Waals surface area contributed by atoms with Crippen molar-refractivity contribution in [3.8, 4) is 31.6 Å². The molecule has 0 unspecified atom stereocenters. The molecule has 5 heterocycles. The molecule has 0 atom stereocenters. The Kier molecular flexibility index (Phi) is 10.1. The number of allylic oxidation sites excluding steroid dienone is 2. The Labute approximate surface area is 330 Å². The Balaban J connectivity index is 1.20. The van der Waals surface area contributed by atoms with E-state index < -0.39 is 92.3 Å². The Hall–Kier alpha value is -5.48. The van der Waals surface area contributed by atoms with E-state index in [1.54, 1.807) is 19.2 Å². The summed E-state index contributed by atoms with van der Waals surface area (Å²) in [7, 11) is 1.76. The first-order valence-electron chi connectivity index (χ1n) is 15.5. The lowest BCUT2D eigenvalue weighted by molar-refractivity contribution is -0.144. The lowest BCUT2D eigenvalue weighted by Crippen LogP contribution is -2.16. The Bertz CT molecular complexity index is 2750. The average molecular weight is 892 g/mol. The van der Waals surface area contributed by atoms with Gasteiger partial charge < -0.3 is 4.57 Å². The minimum atomic E-state index is -5.76. The summed E-state index contributed by atoms with van der Waals surface area (Å²) < 4.78 is 197. The van der Waals surface area contributed by atoms with Gasteiger partial charge in [-0.15, -0.1) is 45.3 Å². The summed E-state index contributed by atoms with van der Waals surface area (Å²) in [5.74, 6) is -20.4. The molecule has 0 fully saturated rings. The highest BCUT2D eigenvalue weighted by atomic mass is 32.1. The predicted molar refractivity (Wildman–Crippen MR) is 192 cm³/mol. The maximum Gasteiger partial charge on any atom is 0.422 e. The van der Waals surface area contributed by atoms with E-state index in [0.717, 1.165) is 55.3 Å². The number of thiophene rings is 4. The monoisotopic (exact) mass is 891 g/mol. The Morgan fingerprint density at radius 2 is 0.845 bits per heavy atom. The molecule has 296 valence electrons. The molecule has 0 aliphatic rings. The number of nitrogens with zero attached hydrogens (tertiary/aromatic N) is 3. The maximum absolute atomic E-state index is 14.7. The van der Waals surface area contributed by atoms with Crippen LogP contribution in [0.4, 0.5) is 61.5 Å². The average Bonchev–Trinajstić information content (AvgIpc) is 3.98. The molecule has 0 spiro atoms. The van der Waals surface area contributed by atoms with E-state index in [-0.39, 0.29) is 9.75 Å². The summed E-state index contributed by atoms with van der Waals surface area (Å²) in [6.07, 6.45) is -9.78. The van der Waals surface area contributed by atoms with Gasteiger partial charge in [-0.05, 0) is 48.6 Å². The number of rotatable bonds is 6. The zero-order chi connectivity index (χ0) is 42.3. The molecule has 0 aliphatic heterocycles. The van der Waals surface area contributed by atoms with E-state index >= 15 is 0 Å². The van der Waals surface area contributed by atoms with Gasteiger partial charge in [0, 0.05) is 36.3 Å². The summed E-state index contributed by atoms with van der Waals surface area (Å²) in [4.78, 5) is 2.81. The molecule has 58 heavy (non-hydrogen) atoms. The summed E-state index contributed by atoms with van der Waals surface area (Å²) in [6, 6.07) is 12.4. The number of fused-ring (bicyclic) bond motifs is 3. The summed E-state index contributed by atoms with van der Waals surface area (Å²) in [6.45, 7) is 0. The Morgan fingerprint density at radius 3 is 1.14 bits per heavy atom. The minimum Gasteiger partial charge on any atom is -0.342 e. The molecule has 0 radical (unpaired) electrons. The minimum absolute atomic E-state index is 0.160. The van der Waals surface area contributed by atoms with E-state index in [4.69, 9.17) is 0 Å². The number of halogens is 14. The van der Waals surface area contributed by atoms with Crippen molar-refractivity contribution in [2.45, 2.75) is 12.4 Å². The third-order valence-corrected chi connectivity index (χ3v) is 13.4. The van der Waals surface area contributed by atoms with Crippen molar-refractivity contribution in [1.29, 1.82) is 10.5 Å². The third-order valence-electron chi connectivity index (χ3n) is 8.54. The first kappa shape index (κ1) is 40.7. The van der Waals surface area contributed by atoms with Crippen LogP contribution in [0.5, 0.6) is 0 Å². The molecule has 0 saturated heterocycles. The third kappa shape index (κ3) is 6.65. The predicted octanol–water partition coefficient (Wildman–Crippen LogP) is 14.2. The first-order valence-corrected chi connectivity index (χ1v) is 18.8. The van der Waals surface area contributed by atoms with E-state index in [9.17, 15) is 72.0 Å². The zero-order valence-corrected chi connectivity index (χ0v) is 31.2. The van der Waals surface area contributed by atoms with E-state index in [0.29, 0.717) is 19.5 Å². The number of nitriles is 2. The second-order valence-electron chi connectivity index (χ2n) is 12.0. The second-order valence-corrected chi connectivity index (χ2v) is 16.3. The van der Waals surface area contributed by atoms with Crippen LogP contribution in [0.15, 0.2) is 36.4 Å². The van der Waals surface area contributed by atoms with Crippen molar-refractivity contribution < 1.29 is 61.5 Å². The van der Waals surface area contributed by atoms with Crippen molar-refractivity contribution in [2.24, 2.45) is 7.05 Å². The first-order chi connectivity index (χ1) is 27.2. The van der Waals surface area contributed by atoms with Crippen LogP contribution in [-0.2, 0) is 19.4 Å². The molecule has 2 aromatic carbocycles. The Morgan fingerprint density at radius 1 is 0.517 bits per heavy atom. The normalized spacial score (nSPS) is 12.9. The van der Waals surface area contributed by atoms with Gasteiger partial charge in [-0.2, -0.15) is 36.9 Å². The fourth-order valence-corrected chi connectivity index (χ4v) is 10.5. The molecule has 0 N–H and O–H groups in total. The standard InChI is InChI=1S/C37H11F14N3S4/c1-54-16-8-20(18-4-2-14(55-18)6-12(10-52)22-26(38)30(42)24(36(46,47)48)31(43)27(22)39)57-34(16)35-17(54)9-21(58-35)19-5-3-15(56-19)7-13(11-53)23-28(40)32(44)25(37(49,50)51)33(45)29(23)41/h2-9H,1H3/b12-6+,13-7+. The van der Waals surface area contributed by atoms with Gasteiger partial charge in [-0.25, -0.2) is 35.1 Å². The molecular weight excluding hydrogens is 881 g/mol. The maximum atomic E-state index is 14.7. The number of hydrogen-bond donors (Lipinski definition) is 0. The highest BCUT2D eigenvalue weighted by Gasteiger charge is 2.44. The van der Waals surface area contributed by atoms with Crippen molar-refractivity contribution in [3.05, 3.63) is 115 Å². The van der Waals surface area contributed by atoms with Crippen LogP contribution in [0.25, 0.3) is 63.2 Å². The molecular formula is C37H11F14N3S4. The van der Waals surface area contributed by atoms with Crippen molar-refractivity contribution in [3.63, 3.8) is 0 Å². The van der Waals surface area contributed by atoms with Gasteiger partial charge in [0.2, 0.25) is 0 Å². The van der Waals surface area contributed by atoms with Gasteiger partial charge in [-0.1, -0.05) is 0 Å². The van der Waals surface area contributed by atoms with Crippen molar-refractivity contribution >= 4 is 89.1 Å². The number of benzene rings is 2. The van der Waals surface area contributed by atoms with Crippen LogP contribution in [-0.4, -0.2) is 4.57 Å². The lowest BCUT2D eigenvalue weighted by Gasteiger charge is -2.13. The highest BCUT2D eigenvalue weighted by Crippen LogP contribution is 2.48. The second kappa shape index (κ2) is 14.4. The van der Waals surface area contributed by atoms with Crippen LogP contribution in [0.3, 0.4) is 0 Å². The van der Waals surface area contributed by atoms with Gasteiger partial charge >= 0.3 is 12.4 Å². The number of aromatic nitrogens is 1. The molecule has 0 saturated carbocycles. The van der Waals surface area contributed by atoms with Crippen LogP contribution < -0.4 is 0 Å². The summed E-state index contributed by atoms with van der Waals surface area (Å²) in [5.41, 5.74) is -9.17. The molecule has 0 amide bonds. The summed E-state index contributed by atoms with van der Waals surface area (Å²) >= 11 is 4.64. The fraction of sp³-hybridized carbons (Fsp3) is 0.0811. The van der Waals surface area contributed by atoms with Crippen LogP contribution in [0.2, 0.25) is 0 Å². The molecule has 7 rings (SSSR count). The number of hydrogen-bond acceptors (Lipinski definition) is 6. The van der Waals surface area contributed by atoms with Gasteiger partial charge in [0.1, 0.15) is 23.3 Å².